The van der Waals surface area contributed by atoms with Crippen molar-refractivity contribution >= 4 is 11.3 Å². The van der Waals surface area contributed by atoms with Crippen molar-refractivity contribution in [3.63, 3.8) is 0 Å². The van der Waals surface area contributed by atoms with Crippen LogP contribution in [0.25, 0.3) is 0 Å². The Balaban J connectivity index is 2.96. The number of hydrogen-bond donors (Lipinski definition) is 1. The van der Waals surface area contributed by atoms with Crippen LogP contribution in [0.3, 0.4) is 0 Å². The summed E-state index contributed by atoms with van der Waals surface area (Å²) in [6.07, 6.45) is -3.56. The summed E-state index contributed by atoms with van der Waals surface area (Å²) in [6, 6.07) is 1.84. The quantitative estimate of drug-likeness (QED) is 0.846. The van der Waals surface area contributed by atoms with Gasteiger partial charge in [0, 0.05) is 9.75 Å². The molecule has 104 valence electrons. The zero-order valence-electron chi connectivity index (χ0n) is 11.2. The van der Waals surface area contributed by atoms with Crippen molar-refractivity contribution in [2.45, 2.75) is 51.7 Å². The number of hydrogen-bond acceptors (Lipinski definition) is 2. The second kappa shape index (κ2) is 5.61. The Labute approximate surface area is 110 Å². The molecule has 0 spiro atoms. The van der Waals surface area contributed by atoms with Crippen molar-refractivity contribution in [3.8, 4) is 0 Å². The van der Waals surface area contributed by atoms with Crippen molar-refractivity contribution in [1.82, 2.24) is 5.32 Å². The molecule has 0 aromatic carbocycles. The lowest BCUT2D eigenvalue weighted by molar-refractivity contribution is -0.156. The monoisotopic (exact) mass is 279 g/mol. The summed E-state index contributed by atoms with van der Waals surface area (Å²) in [5.74, 6) is 0. The summed E-state index contributed by atoms with van der Waals surface area (Å²) in [5.41, 5.74) is -0.107. The second-order valence-corrected chi connectivity index (χ2v) is 6.50. The number of alkyl halides is 3. The molecular weight excluding hydrogens is 259 g/mol. The Morgan fingerprint density at radius 3 is 2.22 bits per heavy atom. The summed E-state index contributed by atoms with van der Waals surface area (Å²) in [5, 5.41) is 2.58. The van der Waals surface area contributed by atoms with Crippen LogP contribution >= 0.6 is 11.3 Å². The zero-order chi connectivity index (χ0) is 14.0. The van der Waals surface area contributed by atoms with Crippen LogP contribution in [0.4, 0.5) is 13.2 Å². The van der Waals surface area contributed by atoms with E-state index in [0.717, 1.165) is 4.88 Å². The van der Waals surface area contributed by atoms with Crippen molar-refractivity contribution < 1.29 is 13.2 Å². The van der Waals surface area contributed by atoms with Gasteiger partial charge in [-0.05, 0) is 30.5 Å². The van der Waals surface area contributed by atoms with Crippen molar-refractivity contribution in [1.29, 1.82) is 0 Å². The van der Waals surface area contributed by atoms with Gasteiger partial charge in [0.05, 0.1) is 0 Å². The maximum atomic E-state index is 13.0. The minimum absolute atomic E-state index is 0.107. The first-order chi connectivity index (χ1) is 8.16. The van der Waals surface area contributed by atoms with Crippen LogP contribution in [-0.4, -0.2) is 12.7 Å². The predicted molar refractivity (Wildman–Crippen MR) is 70.1 cm³/mol. The maximum Gasteiger partial charge on any atom is 0.408 e. The molecule has 0 bridgehead atoms. The van der Waals surface area contributed by atoms with E-state index in [0.29, 0.717) is 17.8 Å². The van der Waals surface area contributed by atoms with Crippen LogP contribution in [-0.2, 0) is 5.41 Å². The Hall–Kier alpha value is -0.550. The number of thiophene rings is 1. The van der Waals surface area contributed by atoms with Gasteiger partial charge in [0.15, 0.2) is 0 Å². The van der Waals surface area contributed by atoms with Gasteiger partial charge in [0.1, 0.15) is 6.04 Å². The van der Waals surface area contributed by atoms with E-state index in [4.69, 9.17) is 0 Å². The molecule has 0 saturated carbocycles. The summed E-state index contributed by atoms with van der Waals surface area (Å²) < 4.78 is 38.9. The molecule has 0 fully saturated rings. The standard InChI is InChI=1S/C13H20F3NS/c1-5-8-17-11(13(14,15)16)9-6-7-10(18-9)12(2,3)4/h6-7,11,17H,5,8H2,1-4H3. The van der Waals surface area contributed by atoms with Gasteiger partial charge < -0.3 is 5.32 Å². The van der Waals surface area contributed by atoms with Gasteiger partial charge in [0.25, 0.3) is 0 Å². The van der Waals surface area contributed by atoms with E-state index < -0.39 is 12.2 Å². The van der Waals surface area contributed by atoms with Gasteiger partial charge in [-0.3, -0.25) is 0 Å². The van der Waals surface area contributed by atoms with Crippen LogP contribution in [0, 0.1) is 0 Å². The van der Waals surface area contributed by atoms with E-state index in [1.165, 1.54) is 11.3 Å². The smallest absolute Gasteiger partial charge is 0.302 e. The summed E-state index contributed by atoms with van der Waals surface area (Å²) >= 11 is 1.24. The van der Waals surface area contributed by atoms with Gasteiger partial charge in [-0.15, -0.1) is 11.3 Å². The lowest BCUT2D eigenvalue weighted by Crippen LogP contribution is -2.34. The number of rotatable bonds is 4. The molecular formula is C13H20F3NS. The molecule has 1 nitrogen and oxygen atoms in total. The third-order valence-electron chi connectivity index (χ3n) is 2.58. The minimum atomic E-state index is -4.24. The summed E-state index contributed by atoms with van der Waals surface area (Å²) in [4.78, 5) is 1.32. The highest BCUT2D eigenvalue weighted by molar-refractivity contribution is 7.12. The highest BCUT2D eigenvalue weighted by atomic mass is 32.1. The lowest BCUT2D eigenvalue weighted by atomic mass is 9.95. The Bertz CT molecular complexity index is 376. The first kappa shape index (κ1) is 15.5. The van der Waals surface area contributed by atoms with Crippen molar-refractivity contribution in [2.75, 3.05) is 6.54 Å². The third kappa shape index (κ3) is 3.99. The predicted octanol–water partition coefficient (Wildman–Crippen LogP) is 4.65. The third-order valence-corrected chi connectivity index (χ3v) is 4.15. The van der Waals surface area contributed by atoms with Gasteiger partial charge in [-0.2, -0.15) is 13.2 Å². The molecule has 1 N–H and O–H groups in total. The largest absolute Gasteiger partial charge is 0.408 e. The molecule has 0 aliphatic carbocycles. The molecule has 1 heterocycles. The zero-order valence-corrected chi connectivity index (χ0v) is 12.0. The van der Waals surface area contributed by atoms with Gasteiger partial charge >= 0.3 is 6.18 Å². The molecule has 0 amide bonds. The first-order valence-electron chi connectivity index (χ1n) is 6.06. The fourth-order valence-electron chi connectivity index (χ4n) is 1.58. The lowest BCUT2D eigenvalue weighted by Gasteiger charge is -2.21. The Kier molecular flexibility index (Phi) is 4.84. The van der Waals surface area contributed by atoms with Crippen LogP contribution in [0.2, 0.25) is 0 Å². The number of nitrogens with one attached hydrogen (secondary N) is 1. The van der Waals surface area contributed by atoms with Gasteiger partial charge in [-0.1, -0.05) is 27.7 Å². The molecule has 18 heavy (non-hydrogen) atoms. The van der Waals surface area contributed by atoms with Crippen molar-refractivity contribution in [3.05, 3.63) is 21.9 Å². The van der Waals surface area contributed by atoms with E-state index in [-0.39, 0.29) is 5.41 Å². The fourth-order valence-corrected chi connectivity index (χ4v) is 2.74. The molecule has 5 heteroatoms. The van der Waals surface area contributed by atoms with Crippen LogP contribution in [0.15, 0.2) is 12.1 Å². The van der Waals surface area contributed by atoms with Gasteiger partial charge in [0.2, 0.25) is 0 Å². The van der Waals surface area contributed by atoms with Gasteiger partial charge in [-0.25, -0.2) is 0 Å². The number of halogens is 3. The summed E-state index contributed by atoms with van der Waals surface area (Å²) in [6.45, 7) is 8.24. The molecule has 0 aliphatic heterocycles. The highest BCUT2D eigenvalue weighted by Gasteiger charge is 2.41. The molecule has 1 unspecified atom stereocenters. The van der Waals surface area contributed by atoms with E-state index in [2.05, 4.69) is 5.32 Å². The SMILES string of the molecule is CCCNC(c1ccc(C(C)(C)C)s1)C(F)(F)F. The van der Waals surface area contributed by atoms with Crippen LogP contribution in [0.1, 0.15) is 49.9 Å². The minimum Gasteiger partial charge on any atom is -0.302 e. The average molecular weight is 279 g/mol. The van der Waals surface area contributed by atoms with Crippen LogP contribution in [0.5, 0.6) is 0 Å². The van der Waals surface area contributed by atoms with E-state index in [1.807, 2.05) is 27.7 Å². The van der Waals surface area contributed by atoms with E-state index >= 15 is 0 Å². The maximum absolute atomic E-state index is 13.0. The average Bonchev–Trinajstić information content (AvgIpc) is 2.64. The second-order valence-electron chi connectivity index (χ2n) is 5.38. The molecule has 1 aromatic rings. The fraction of sp³-hybridized carbons (Fsp3) is 0.692. The van der Waals surface area contributed by atoms with Crippen molar-refractivity contribution in [2.24, 2.45) is 0 Å². The molecule has 1 aromatic heterocycles. The van der Waals surface area contributed by atoms with Crippen LogP contribution < -0.4 is 5.32 Å². The van der Waals surface area contributed by atoms with E-state index in [9.17, 15) is 13.2 Å². The molecule has 1 atom stereocenters. The normalized spacial score (nSPS) is 14.8. The van der Waals surface area contributed by atoms with E-state index in [1.54, 1.807) is 12.1 Å². The first-order valence-corrected chi connectivity index (χ1v) is 6.88. The highest BCUT2D eigenvalue weighted by Crippen LogP contribution is 2.39. The topological polar surface area (TPSA) is 12.0 Å². The molecule has 0 radical (unpaired) electrons. The summed E-state index contributed by atoms with van der Waals surface area (Å²) in [7, 11) is 0. The molecule has 1 rings (SSSR count). The molecule has 0 aliphatic rings. The Morgan fingerprint density at radius 2 is 1.83 bits per heavy atom. The molecule has 0 saturated heterocycles. The Morgan fingerprint density at radius 1 is 1.22 bits per heavy atom.